The third-order valence-corrected chi connectivity index (χ3v) is 5.55. The van der Waals surface area contributed by atoms with E-state index < -0.39 is 10.0 Å². The summed E-state index contributed by atoms with van der Waals surface area (Å²) < 4.78 is 32.8. The van der Waals surface area contributed by atoms with Gasteiger partial charge in [-0.25, -0.2) is 13.1 Å². The lowest BCUT2D eigenvalue weighted by Crippen LogP contribution is -2.33. The predicted octanol–water partition coefficient (Wildman–Crippen LogP) is 1.96. The summed E-state index contributed by atoms with van der Waals surface area (Å²) in [6, 6.07) is 4.84. The molecular formula is C14H24N2O3S2. The molecule has 0 aliphatic carbocycles. The Morgan fingerprint density at radius 1 is 1.43 bits per heavy atom. The van der Waals surface area contributed by atoms with Crippen LogP contribution in [-0.2, 0) is 16.6 Å². The minimum absolute atomic E-state index is 0.125. The third-order valence-electron chi connectivity index (χ3n) is 3.01. The molecule has 0 aromatic heterocycles. The molecule has 0 aliphatic heterocycles. The van der Waals surface area contributed by atoms with E-state index in [1.165, 1.54) is 7.11 Å². The summed E-state index contributed by atoms with van der Waals surface area (Å²) in [6.07, 6.45) is 0.788. The number of sulfonamides is 1. The first-order valence-electron chi connectivity index (χ1n) is 6.91. The van der Waals surface area contributed by atoms with E-state index in [-0.39, 0.29) is 17.5 Å². The first-order valence-corrected chi connectivity index (χ1v) is 9.55. The maximum Gasteiger partial charge on any atom is 0.244 e. The van der Waals surface area contributed by atoms with Crippen LogP contribution < -0.4 is 15.2 Å². The average Bonchev–Trinajstić information content (AvgIpc) is 2.46. The zero-order valence-corrected chi connectivity index (χ0v) is 14.4. The second kappa shape index (κ2) is 8.63. The molecule has 0 saturated carbocycles. The van der Waals surface area contributed by atoms with Crippen LogP contribution in [0, 0.1) is 0 Å². The summed E-state index contributed by atoms with van der Waals surface area (Å²) in [5, 5.41) is 0. The molecule has 0 amide bonds. The number of nitrogens with one attached hydrogen (secondary N) is 1. The Morgan fingerprint density at radius 2 is 2.14 bits per heavy atom. The molecule has 1 rings (SSSR count). The lowest BCUT2D eigenvalue weighted by molar-refractivity contribution is 0.401. The molecule has 5 nitrogen and oxygen atoms in total. The second-order valence-corrected chi connectivity index (χ2v) is 7.77. The summed E-state index contributed by atoms with van der Waals surface area (Å²) in [5.41, 5.74) is 6.33. The van der Waals surface area contributed by atoms with E-state index in [9.17, 15) is 8.42 Å². The molecule has 1 aromatic carbocycles. The summed E-state index contributed by atoms with van der Waals surface area (Å²) in [7, 11) is -2.16. The molecule has 1 atom stereocenters. The van der Waals surface area contributed by atoms with Crippen molar-refractivity contribution < 1.29 is 13.2 Å². The van der Waals surface area contributed by atoms with Crippen LogP contribution in [0.3, 0.4) is 0 Å². The number of thioether (sulfide) groups is 1. The first kappa shape index (κ1) is 18.3. The van der Waals surface area contributed by atoms with Crippen LogP contribution in [0.5, 0.6) is 5.75 Å². The van der Waals surface area contributed by atoms with Gasteiger partial charge in [0.15, 0.2) is 0 Å². The molecule has 0 spiro atoms. The number of benzene rings is 1. The van der Waals surface area contributed by atoms with Gasteiger partial charge in [-0.3, -0.25) is 0 Å². The lowest BCUT2D eigenvalue weighted by atomic mass is 10.2. The SMILES string of the molecule is CCSCCC(C)NS(=O)(=O)c1cc(CN)ccc1OC. The van der Waals surface area contributed by atoms with Crippen LogP contribution in [0.15, 0.2) is 23.1 Å². The highest BCUT2D eigenvalue weighted by molar-refractivity contribution is 7.99. The highest BCUT2D eigenvalue weighted by Gasteiger charge is 2.22. The molecule has 120 valence electrons. The third kappa shape index (κ3) is 5.50. The Labute approximate surface area is 131 Å². The quantitative estimate of drug-likeness (QED) is 0.676. The summed E-state index contributed by atoms with van der Waals surface area (Å²) in [5.74, 6) is 2.29. The maximum atomic E-state index is 12.5. The molecule has 0 fully saturated rings. The standard InChI is InChI=1S/C14H24N2O3S2/c1-4-20-8-7-11(2)16-21(17,18)14-9-12(10-15)5-6-13(14)19-3/h5-6,9,11,16H,4,7-8,10,15H2,1-3H3. The summed E-state index contributed by atoms with van der Waals surface area (Å²) in [4.78, 5) is 0.142. The van der Waals surface area contributed by atoms with E-state index in [1.807, 2.05) is 6.92 Å². The van der Waals surface area contributed by atoms with E-state index in [4.69, 9.17) is 10.5 Å². The van der Waals surface area contributed by atoms with E-state index in [0.717, 1.165) is 23.5 Å². The van der Waals surface area contributed by atoms with Crippen LogP contribution in [0.1, 0.15) is 25.8 Å². The molecule has 0 heterocycles. The topological polar surface area (TPSA) is 81.4 Å². The van der Waals surface area contributed by atoms with Gasteiger partial charge in [-0.05, 0) is 42.5 Å². The number of ether oxygens (including phenoxy) is 1. The van der Waals surface area contributed by atoms with Crippen molar-refractivity contribution in [2.75, 3.05) is 18.6 Å². The monoisotopic (exact) mass is 332 g/mol. The van der Waals surface area contributed by atoms with Gasteiger partial charge in [-0.1, -0.05) is 13.0 Å². The lowest BCUT2D eigenvalue weighted by Gasteiger charge is -2.16. The van der Waals surface area contributed by atoms with Crippen molar-refractivity contribution >= 4 is 21.8 Å². The molecule has 0 aliphatic rings. The molecule has 0 radical (unpaired) electrons. The zero-order valence-electron chi connectivity index (χ0n) is 12.8. The second-order valence-electron chi connectivity index (χ2n) is 4.70. The van der Waals surface area contributed by atoms with E-state index >= 15 is 0 Å². The molecule has 7 heteroatoms. The molecule has 3 N–H and O–H groups in total. The fraction of sp³-hybridized carbons (Fsp3) is 0.571. The van der Waals surface area contributed by atoms with E-state index in [0.29, 0.717) is 5.75 Å². The van der Waals surface area contributed by atoms with Gasteiger partial charge in [-0.2, -0.15) is 11.8 Å². The predicted molar refractivity (Wildman–Crippen MR) is 88.3 cm³/mol. The molecule has 1 aromatic rings. The van der Waals surface area contributed by atoms with Crippen molar-refractivity contribution in [3.8, 4) is 5.75 Å². The molecule has 21 heavy (non-hydrogen) atoms. The molecule has 0 bridgehead atoms. The summed E-state index contributed by atoms with van der Waals surface area (Å²) >= 11 is 1.80. The minimum Gasteiger partial charge on any atom is -0.495 e. The van der Waals surface area contributed by atoms with Crippen LogP contribution in [0.25, 0.3) is 0 Å². The Kier molecular flexibility index (Phi) is 7.51. The van der Waals surface area contributed by atoms with E-state index in [2.05, 4.69) is 11.6 Å². The summed E-state index contributed by atoms with van der Waals surface area (Å²) in [6.45, 7) is 4.24. The van der Waals surface area contributed by atoms with Crippen molar-refractivity contribution in [1.29, 1.82) is 0 Å². The zero-order chi connectivity index (χ0) is 15.9. The van der Waals surface area contributed by atoms with Crippen molar-refractivity contribution in [2.24, 2.45) is 5.73 Å². The van der Waals surface area contributed by atoms with Crippen LogP contribution in [0.4, 0.5) is 0 Å². The number of methoxy groups -OCH3 is 1. The fourth-order valence-corrected chi connectivity index (χ4v) is 4.16. The van der Waals surface area contributed by atoms with Gasteiger partial charge in [0, 0.05) is 12.6 Å². The van der Waals surface area contributed by atoms with Crippen molar-refractivity contribution in [2.45, 2.75) is 37.8 Å². The van der Waals surface area contributed by atoms with Crippen molar-refractivity contribution in [3.63, 3.8) is 0 Å². The molecule has 0 saturated heterocycles. The van der Waals surface area contributed by atoms with Gasteiger partial charge < -0.3 is 10.5 Å². The highest BCUT2D eigenvalue weighted by Crippen LogP contribution is 2.25. The van der Waals surface area contributed by atoms with Gasteiger partial charge >= 0.3 is 0 Å². The largest absolute Gasteiger partial charge is 0.495 e. The Balaban J connectivity index is 2.91. The number of hydrogen-bond donors (Lipinski definition) is 2. The van der Waals surface area contributed by atoms with Crippen LogP contribution in [-0.4, -0.2) is 33.1 Å². The van der Waals surface area contributed by atoms with E-state index in [1.54, 1.807) is 30.0 Å². The Morgan fingerprint density at radius 3 is 2.71 bits per heavy atom. The average molecular weight is 332 g/mol. The smallest absolute Gasteiger partial charge is 0.244 e. The number of nitrogens with two attached hydrogens (primary N) is 1. The van der Waals surface area contributed by atoms with Gasteiger partial charge in [-0.15, -0.1) is 0 Å². The molecular weight excluding hydrogens is 308 g/mol. The normalized spacial score (nSPS) is 13.1. The van der Waals surface area contributed by atoms with Gasteiger partial charge in [0.2, 0.25) is 10.0 Å². The van der Waals surface area contributed by atoms with Gasteiger partial charge in [0.1, 0.15) is 10.6 Å². The van der Waals surface area contributed by atoms with Crippen LogP contribution in [0.2, 0.25) is 0 Å². The Bertz CT molecular complexity index is 547. The van der Waals surface area contributed by atoms with Crippen molar-refractivity contribution in [1.82, 2.24) is 4.72 Å². The van der Waals surface area contributed by atoms with Gasteiger partial charge in [0.25, 0.3) is 0 Å². The Hall–Kier alpha value is -0.760. The number of hydrogen-bond acceptors (Lipinski definition) is 5. The fourth-order valence-electron chi connectivity index (χ4n) is 1.85. The highest BCUT2D eigenvalue weighted by atomic mass is 32.2. The van der Waals surface area contributed by atoms with Crippen LogP contribution >= 0.6 is 11.8 Å². The number of rotatable bonds is 9. The molecule has 1 unspecified atom stereocenters. The first-order chi connectivity index (χ1) is 9.94. The van der Waals surface area contributed by atoms with Gasteiger partial charge in [0.05, 0.1) is 7.11 Å². The maximum absolute atomic E-state index is 12.5. The van der Waals surface area contributed by atoms with Crippen molar-refractivity contribution in [3.05, 3.63) is 23.8 Å². The minimum atomic E-state index is -3.61.